The average Bonchev–Trinajstić information content (AvgIpc) is 3.51. The molecule has 33 heavy (non-hydrogen) atoms. The lowest BCUT2D eigenvalue weighted by Crippen LogP contribution is -2.16. The number of nitriles is 1. The molecule has 1 saturated heterocycles. The minimum Gasteiger partial charge on any atom is -0.493 e. The Morgan fingerprint density at radius 3 is 2.94 bits per heavy atom. The Morgan fingerprint density at radius 2 is 2.18 bits per heavy atom. The number of fused-ring (bicyclic) bond motifs is 3. The molecule has 8 heteroatoms. The maximum atomic E-state index is 9.42. The van der Waals surface area contributed by atoms with Crippen LogP contribution in [0.25, 0.3) is 16.7 Å². The highest BCUT2D eigenvalue weighted by Crippen LogP contribution is 2.37. The van der Waals surface area contributed by atoms with Crippen LogP contribution in [0.2, 0.25) is 0 Å². The molecule has 2 atom stereocenters. The van der Waals surface area contributed by atoms with E-state index in [1.165, 1.54) is 0 Å². The van der Waals surface area contributed by atoms with Gasteiger partial charge in [-0.2, -0.15) is 10.2 Å². The standard InChI is InChI=1S/C25H25N5O3/c1-15-17(13-26)5-4-6-19(15)16(2)28-24-20-11-23(33-18-7-10-32-14-18)22(31-3)12-21(20)30-9-8-27-25(30)29-24/h4-6,8-9,11-12,16,18H,7,10,14H2,1-3H3,(H,27,28,29)/t16-,18?/m1/s1. The molecule has 1 aliphatic heterocycles. The summed E-state index contributed by atoms with van der Waals surface area (Å²) in [6, 6.07) is 11.9. The molecule has 5 rings (SSSR count). The Balaban J connectivity index is 1.61. The van der Waals surface area contributed by atoms with E-state index in [1.807, 2.05) is 47.9 Å². The van der Waals surface area contributed by atoms with E-state index in [9.17, 15) is 5.26 Å². The number of benzene rings is 2. The highest BCUT2D eigenvalue weighted by atomic mass is 16.6. The number of rotatable bonds is 6. The van der Waals surface area contributed by atoms with E-state index in [2.05, 4.69) is 23.3 Å². The number of hydrogen-bond acceptors (Lipinski definition) is 7. The largest absolute Gasteiger partial charge is 0.493 e. The van der Waals surface area contributed by atoms with Crippen molar-refractivity contribution in [2.45, 2.75) is 32.4 Å². The quantitative estimate of drug-likeness (QED) is 0.472. The van der Waals surface area contributed by atoms with Crippen molar-refractivity contribution < 1.29 is 14.2 Å². The van der Waals surface area contributed by atoms with E-state index >= 15 is 0 Å². The smallest absolute Gasteiger partial charge is 0.236 e. The van der Waals surface area contributed by atoms with E-state index in [4.69, 9.17) is 19.2 Å². The second-order valence-electron chi connectivity index (χ2n) is 8.18. The number of anilines is 1. The van der Waals surface area contributed by atoms with Crippen molar-refractivity contribution in [2.24, 2.45) is 0 Å². The predicted molar refractivity (Wildman–Crippen MR) is 125 cm³/mol. The molecule has 0 aliphatic carbocycles. The van der Waals surface area contributed by atoms with Gasteiger partial charge < -0.3 is 19.5 Å². The van der Waals surface area contributed by atoms with Gasteiger partial charge in [-0.25, -0.2) is 4.98 Å². The summed E-state index contributed by atoms with van der Waals surface area (Å²) in [6.07, 6.45) is 4.44. The summed E-state index contributed by atoms with van der Waals surface area (Å²) in [5, 5.41) is 13.8. The molecule has 3 heterocycles. The van der Waals surface area contributed by atoms with Crippen LogP contribution in [0, 0.1) is 18.3 Å². The molecule has 1 aliphatic rings. The summed E-state index contributed by atoms with van der Waals surface area (Å²) in [4.78, 5) is 9.18. The van der Waals surface area contributed by atoms with E-state index in [1.54, 1.807) is 13.3 Å². The topological polar surface area (TPSA) is 93.7 Å². The van der Waals surface area contributed by atoms with E-state index in [0.717, 1.165) is 28.5 Å². The monoisotopic (exact) mass is 443 g/mol. The minimum atomic E-state index is -0.0823. The molecule has 0 spiro atoms. The van der Waals surface area contributed by atoms with Gasteiger partial charge in [-0.3, -0.25) is 4.40 Å². The van der Waals surface area contributed by atoms with Crippen LogP contribution in [0.4, 0.5) is 5.82 Å². The van der Waals surface area contributed by atoms with E-state index in [0.29, 0.717) is 41.9 Å². The Morgan fingerprint density at radius 1 is 1.30 bits per heavy atom. The molecule has 168 valence electrons. The van der Waals surface area contributed by atoms with Gasteiger partial charge in [-0.1, -0.05) is 12.1 Å². The third-order valence-electron chi connectivity index (χ3n) is 6.13. The van der Waals surface area contributed by atoms with Gasteiger partial charge in [0, 0.05) is 30.3 Å². The molecular formula is C25H25N5O3. The highest BCUT2D eigenvalue weighted by molar-refractivity contribution is 5.94. The van der Waals surface area contributed by atoms with Crippen LogP contribution in [-0.2, 0) is 4.74 Å². The van der Waals surface area contributed by atoms with Crippen LogP contribution < -0.4 is 14.8 Å². The van der Waals surface area contributed by atoms with Crippen LogP contribution >= 0.6 is 0 Å². The Bertz CT molecular complexity index is 1370. The second-order valence-corrected chi connectivity index (χ2v) is 8.18. The molecule has 2 aromatic heterocycles. The summed E-state index contributed by atoms with van der Waals surface area (Å²) >= 11 is 0. The number of nitrogens with one attached hydrogen (secondary N) is 1. The lowest BCUT2D eigenvalue weighted by Gasteiger charge is -2.21. The van der Waals surface area contributed by atoms with Crippen molar-refractivity contribution in [1.82, 2.24) is 14.4 Å². The Hall–Kier alpha value is -3.83. The normalized spacial score (nSPS) is 16.6. The van der Waals surface area contributed by atoms with Gasteiger partial charge in [-0.15, -0.1) is 0 Å². The molecule has 4 aromatic rings. The van der Waals surface area contributed by atoms with Gasteiger partial charge in [-0.05, 0) is 37.1 Å². The zero-order valence-electron chi connectivity index (χ0n) is 18.8. The second kappa shape index (κ2) is 8.60. The first-order valence-electron chi connectivity index (χ1n) is 10.9. The van der Waals surface area contributed by atoms with Crippen molar-refractivity contribution in [3.8, 4) is 17.6 Å². The van der Waals surface area contributed by atoms with Crippen LogP contribution in [-0.4, -0.2) is 40.8 Å². The average molecular weight is 444 g/mol. The van der Waals surface area contributed by atoms with Crippen LogP contribution in [0.15, 0.2) is 42.7 Å². The fraction of sp³-hybridized carbons (Fsp3) is 0.320. The first-order valence-corrected chi connectivity index (χ1v) is 10.9. The van der Waals surface area contributed by atoms with Crippen LogP contribution in [0.3, 0.4) is 0 Å². The predicted octanol–water partition coefficient (Wildman–Crippen LogP) is 4.41. The van der Waals surface area contributed by atoms with Crippen molar-refractivity contribution in [3.63, 3.8) is 0 Å². The molecule has 0 radical (unpaired) electrons. The fourth-order valence-corrected chi connectivity index (χ4v) is 4.34. The minimum absolute atomic E-state index is 0.00649. The van der Waals surface area contributed by atoms with Crippen molar-refractivity contribution in [2.75, 3.05) is 25.6 Å². The number of hydrogen-bond donors (Lipinski definition) is 1. The van der Waals surface area contributed by atoms with Gasteiger partial charge in [0.25, 0.3) is 0 Å². The van der Waals surface area contributed by atoms with Crippen LogP contribution in [0.5, 0.6) is 11.5 Å². The number of nitrogens with zero attached hydrogens (tertiary/aromatic N) is 4. The summed E-state index contributed by atoms with van der Waals surface area (Å²) in [7, 11) is 1.64. The van der Waals surface area contributed by atoms with Crippen molar-refractivity contribution in [1.29, 1.82) is 5.26 Å². The third-order valence-corrected chi connectivity index (χ3v) is 6.13. The SMILES string of the molecule is COc1cc2c(cc1OC1CCOC1)c(N[C@H](C)c1cccc(C#N)c1C)nc1nccn12. The molecular weight excluding hydrogens is 418 g/mol. The highest BCUT2D eigenvalue weighted by Gasteiger charge is 2.22. The molecule has 0 amide bonds. The molecule has 0 bridgehead atoms. The maximum absolute atomic E-state index is 9.42. The number of imidazole rings is 1. The summed E-state index contributed by atoms with van der Waals surface area (Å²) in [6.45, 7) is 5.29. The van der Waals surface area contributed by atoms with Gasteiger partial charge in [0.05, 0.1) is 43.5 Å². The molecule has 0 saturated carbocycles. The lowest BCUT2D eigenvalue weighted by atomic mass is 9.98. The lowest BCUT2D eigenvalue weighted by molar-refractivity contribution is 0.139. The van der Waals surface area contributed by atoms with Crippen molar-refractivity contribution in [3.05, 3.63) is 59.4 Å². The molecule has 1 N–H and O–H groups in total. The number of aromatic nitrogens is 3. The van der Waals surface area contributed by atoms with Crippen molar-refractivity contribution >= 4 is 22.5 Å². The van der Waals surface area contributed by atoms with Gasteiger partial charge in [0.1, 0.15) is 11.9 Å². The zero-order chi connectivity index (χ0) is 22.9. The summed E-state index contributed by atoms with van der Waals surface area (Å²) in [5.41, 5.74) is 3.57. The number of ether oxygens (including phenoxy) is 3. The first kappa shape index (κ1) is 21.0. The van der Waals surface area contributed by atoms with E-state index < -0.39 is 0 Å². The Kier molecular flexibility index (Phi) is 5.48. The van der Waals surface area contributed by atoms with Gasteiger partial charge in [0.2, 0.25) is 5.78 Å². The van der Waals surface area contributed by atoms with Crippen LogP contribution in [0.1, 0.15) is 36.1 Å². The summed E-state index contributed by atoms with van der Waals surface area (Å²) in [5.74, 6) is 2.57. The molecule has 8 nitrogen and oxygen atoms in total. The molecule has 2 aromatic carbocycles. The molecule has 1 fully saturated rings. The maximum Gasteiger partial charge on any atom is 0.236 e. The Labute approximate surface area is 191 Å². The summed E-state index contributed by atoms with van der Waals surface area (Å²) < 4.78 is 19.3. The number of methoxy groups -OCH3 is 1. The van der Waals surface area contributed by atoms with E-state index in [-0.39, 0.29) is 12.1 Å². The third kappa shape index (κ3) is 3.81. The fourth-order valence-electron chi connectivity index (χ4n) is 4.34. The van der Waals surface area contributed by atoms with Gasteiger partial charge in [0.15, 0.2) is 11.5 Å². The zero-order valence-corrected chi connectivity index (χ0v) is 18.8. The van der Waals surface area contributed by atoms with Gasteiger partial charge >= 0.3 is 0 Å². The first-order chi connectivity index (χ1) is 16.1. The molecule has 1 unspecified atom stereocenters.